The van der Waals surface area contributed by atoms with Crippen molar-refractivity contribution in [1.82, 2.24) is 0 Å². The molecule has 2 rings (SSSR count). The van der Waals surface area contributed by atoms with Gasteiger partial charge in [0.25, 0.3) is 0 Å². The molecule has 0 saturated carbocycles. The Kier molecular flexibility index (Phi) is 15.5. The molecular weight excluding hydrogens is 584 g/mol. The van der Waals surface area contributed by atoms with Crippen LogP contribution in [0.25, 0.3) is 0 Å². The highest BCUT2D eigenvalue weighted by Crippen LogP contribution is 2.32. The van der Waals surface area contributed by atoms with Crippen molar-refractivity contribution in [3.8, 4) is 0 Å². The molecule has 17 heteroatoms. The van der Waals surface area contributed by atoms with Crippen LogP contribution in [-0.4, -0.2) is 176 Å². The molecule has 6 unspecified atom stereocenters. The average Bonchev–Trinajstić information content (AvgIpc) is 2.99. The third kappa shape index (κ3) is 9.20. The summed E-state index contributed by atoms with van der Waals surface area (Å²) >= 11 is 0. The molecule has 0 bridgehead atoms. The van der Waals surface area contributed by atoms with E-state index in [0.717, 1.165) is 14.2 Å². The van der Waals surface area contributed by atoms with Crippen molar-refractivity contribution in [3.63, 3.8) is 0 Å². The van der Waals surface area contributed by atoms with E-state index in [4.69, 9.17) is 33.2 Å². The van der Waals surface area contributed by atoms with Crippen LogP contribution in [0.15, 0.2) is 0 Å². The summed E-state index contributed by atoms with van der Waals surface area (Å²) in [4.78, 5) is 0. The number of aliphatic hydroxyl groups excluding tert-OH is 10. The van der Waals surface area contributed by atoms with E-state index < -0.39 is 111 Å². The lowest BCUT2D eigenvalue weighted by Gasteiger charge is -2.47. The van der Waals surface area contributed by atoms with E-state index in [9.17, 15) is 51.1 Å². The van der Waals surface area contributed by atoms with Crippen LogP contribution in [0.5, 0.6) is 0 Å². The van der Waals surface area contributed by atoms with Crippen molar-refractivity contribution >= 4 is 0 Å². The van der Waals surface area contributed by atoms with Gasteiger partial charge in [-0.3, -0.25) is 0 Å². The summed E-state index contributed by atoms with van der Waals surface area (Å²) in [5.41, 5.74) is 0. The number of hydrogen-bond donors (Lipinski definition) is 10. The minimum atomic E-state index is -1.94. The first-order chi connectivity index (χ1) is 20.1. The van der Waals surface area contributed by atoms with Gasteiger partial charge >= 0.3 is 0 Å². The van der Waals surface area contributed by atoms with Gasteiger partial charge in [-0.1, -0.05) is 13.8 Å². The van der Waals surface area contributed by atoms with Crippen LogP contribution < -0.4 is 0 Å². The fraction of sp³-hybridized carbons (Fsp3) is 1.00. The van der Waals surface area contributed by atoms with E-state index in [0.29, 0.717) is 0 Å². The lowest BCUT2D eigenvalue weighted by atomic mass is 9.97. The second-order valence-corrected chi connectivity index (χ2v) is 10.8. The summed E-state index contributed by atoms with van der Waals surface area (Å²) < 4.78 is 37.8. The van der Waals surface area contributed by atoms with Gasteiger partial charge in [-0.05, 0) is 26.7 Å². The van der Waals surface area contributed by atoms with Crippen LogP contribution >= 0.6 is 0 Å². The first-order valence-electron chi connectivity index (χ1n) is 14.3. The maximum atomic E-state index is 11.1. The van der Waals surface area contributed by atoms with E-state index in [2.05, 4.69) is 0 Å². The zero-order chi connectivity index (χ0) is 32.8. The van der Waals surface area contributed by atoms with Gasteiger partial charge in [-0.25, -0.2) is 0 Å². The number of rotatable bonds is 16. The Morgan fingerprint density at radius 1 is 0.581 bits per heavy atom. The highest BCUT2D eigenvalue weighted by molar-refractivity contribution is 4.94. The van der Waals surface area contributed by atoms with Gasteiger partial charge in [0.05, 0.1) is 24.4 Å². The summed E-state index contributed by atoms with van der Waals surface area (Å²) in [6.07, 6.45) is -27.8. The number of methoxy groups -OCH3 is 2. The van der Waals surface area contributed by atoms with Gasteiger partial charge in [0.2, 0.25) is 0 Å². The van der Waals surface area contributed by atoms with E-state index in [-0.39, 0.29) is 12.8 Å². The van der Waals surface area contributed by atoms with Gasteiger partial charge in [0, 0.05) is 14.2 Å². The lowest BCUT2D eigenvalue weighted by molar-refractivity contribution is -0.375. The molecule has 0 amide bonds. The molecular formula is C26H50O17. The summed E-state index contributed by atoms with van der Waals surface area (Å²) in [5, 5.41) is 105. The molecule has 18 atom stereocenters. The Hall–Kier alpha value is -0.680. The molecule has 0 spiro atoms. The van der Waals surface area contributed by atoms with Crippen LogP contribution in [0.3, 0.4) is 0 Å². The van der Waals surface area contributed by atoms with Gasteiger partial charge < -0.3 is 84.2 Å². The largest absolute Gasteiger partial charge is 0.390 e. The Morgan fingerprint density at radius 3 is 1.53 bits per heavy atom. The second-order valence-electron chi connectivity index (χ2n) is 10.8. The van der Waals surface area contributed by atoms with Crippen molar-refractivity contribution in [2.24, 2.45) is 0 Å². The van der Waals surface area contributed by atoms with Crippen molar-refractivity contribution in [2.75, 3.05) is 14.2 Å². The fourth-order valence-corrected chi connectivity index (χ4v) is 4.88. The molecule has 2 aliphatic rings. The molecule has 17 nitrogen and oxygen atoms in total. The van der Waals surface area contributed by atoms with Crippen molar-refractivity contribution in [1.29, 1.82) is 0 Å². The molecule has 0 aliphatic carbocycles. The summed E-state index contributed by atoms with van der Waals surface area (Å²) in [7, 11) is 2.27. The van der Waals surface area contributed by atoms with Crippen LogP contribution in [0.1, 0.15) is 40.5 Å². The van der Waals surface area contributed by atoms with Crippen molar-refractivity contribution < 1.29 is 84.2 Å². The second kappa shape index (κ2) is 17.3. The first kappa shape index (κ1) is 38.5. The molecule has 0 aromatic rings. The Bertz CT molecular complexity index is 795. The third-order valence-electron chi connectivity index (χ3n) is 7.82. The van der Waals surface area contributed by atoms with Crippen LogP contribution in [0.2, 0.25) is 0 Å². The van der Waals surface area contributed by atoms with Crippen LogP contribution in [-0.2, 0) is 33.2 Å². The molecule has 2 aliphatic heterocycles. The number of aliphatic hydroxyl groups is 10. The quantitative estimate of drug-likeness (QED) is 0.0719. The monoisotopic (exact) mass is 634 g/mol. The van der Waals surface area contributed by atoms with E-state index in [1.807, 2.05) is 0 Å². The Labute approximate surface area is 250 Å². The Balaban J connectivity index is 2.24. The standard InChI is InChI=1S/C26H50O17/c1-7-11(27)15(31)21(37-5)24(36)41-19-13(29)9(3)39-25(17(19)33)42-20-14(30)10(4)40-26(18(20)34)43-22(23(35)38-6)16(32)12(28)8-2/h9-36H,7-8H2,1-6H3/t9?,10?,11-,12-,13-,14-,15?,16+,17?,18?,19+,20+,21-,22?,23-,24-,25-,26-/m1/s1. The summed E-state index contributed by atoms with van der Waals surface area (Å²) in [6.45, 7) is 5.99. The minimum absolute atomic E-state index is 0.0918. The molecule has 2 heterocycles. The molecule has 10 N–H and O–H groups in total. The SMILES string of the molecule is CC[C@@H](O)C(O)[C@@H](OC)[C@H](O)O[C@@H]1C(O)[C@@H](O[C@@H]2C(O)[C@@H](OC([C@H](O)OC)[C@@H](O)[C@H](O)CC)OC(C)[C@H]2O)OC(C)[C@H]1O. The maximum Gasteiger partial charge on any atom is 0.187 e. The van der Waals surface area contributed by atoms with E-state index >= 15 is 0 Å². The topological polar surface area (TPSA) is 267 Å². The van der Waals surface area contributed by atoms with Crippen LogP contribution in [0, 0.1) is 0 Å². The average molecular weight is 635 g/mol. The lowest BCUT2D eigenvalue weighted by Crippen LogP contribution is -2.65. The van der Waals surface area contributed by atoms with E-state index in [1.165, 1.54) is 13.8 Å². The summed E-state index contributed by atoms with van der Waals surface area (Å²) in [5.74, 6) is 0. The van der Waals surface area contributed by atoms with Crippen molar-refractivity contribution in [2.45, 2.75) is 151 Å². The summed E-state index contributed by atoms with van der Waals surface area (Å²) in [6, 6.07) is 0. The third-order valence-corrected chi connectivity index (χ3v) is 7.82. The fourth-order valence-electron chi connectivity index (χ4n) is 4.88. The van der Waals surface area contributed by atoms with Gasteiger partial charge in [0.1, 0.15) is 61.0 Å². The van der Waals surface area contributed by atoms with Gasteiger partial charge in [-0.15, -0.1) is 0 Å². The molecule has 0 aromatic heterocycles. The minimum Gasteiger partial charge on any atom is -0.390 e. The molecule has 256 valence electrons. The molecule has 2 fully saturated rings. The van der Waals surface area contributed by atoms with Gasteiger partial charge in [0.15, 0.2) is 25.2 Å². The highest BCUT2D eigenvalue weighted by Gasteiger charge is 2.52. The molecule has 0 radical (unpaired) electrons. The Morgan fingerprint density at radius 2 is 1.05 bits per heavy atom. The number of hydrogen-bond acceptors (Lipinski definition) is 17. The highest BCUT2D eigenvalue weighted by atomic mass is 16.7. The first-order valence-corrected chi connectivity index (χ1v) is 14.3. The van der Waals surface area contributed by atoms with Gasteiger partial charge in [-0.2, -0.15) is 0 Å². The van der Waals surface area contributed by atoms with E-state index in [1.54, 1.807) is 13.8 Å². The zero-order valence-corrected chi connectivity index (χ0v) is 25.1. The zero-order valence-electron chi connectivity index (χ0n) is 25.1. The number of ether oxygens (including phenoxy) is 7. The normalized spacial score (nSPS) is 39.3. The predicted molar refractivity (Wildman–Crippen MR) is 142 cm³/mol. The predicted octanol–water partition coefficient (Wildman–Crippen LogP) is -4.36. The maximum absolute atomic E-state index is 11.1. The van der Waals surface area contributed by atoms with Crippen molar-refractivity contribution in [3.05, 3.63) is 0 Å². The molecule has 0 aromatic carbocycles. The molecule has 43 heavy (non-hydrogen) atoms. The smallest absolute Gasteiger partial charge is 0.187 e. The van der Waals surface area contributed by atoms with Crippen LogP contribution in [0.4, 0.5) is 0 Å². The molecule has 2 saturated heterocycles.